The first-order chi connectivity index (χ1) is 6.91. The van der Waals surface area contributed by atoms with Gasteiger partial charge in [-0.1, -0.05) is 0 Å². The highest BCUT2D eigenvalue weighted by Crippen LogP contribution is 2.09. The number of aromatic nitrogens is 2. The number of nitrogens with zero attached hydrogens (tertiary/aromatic N) is 2. The van der Waals surface area contributed by atoms with E-state index in [1.54, 1.807) is 0 Å². The fourth-order valence-corrected chi connectivity index (χ4v) is 1.28. The van der Waals surface area contributed by atoms with Gasteiger partial charge in [-0.05, 0) is 0 Å². The summed E-state index contributed by atoms with van der Waals surface area (Å²) in [6.07, 6.45) is 0. The minimum absolute atomic E-state index is 0.430. The number of aromatic hydroxyl groups is 1. The summed E-state index contributed by atoms with van der Waals surface area (Å²) >= 11 is 5.28. The molecule has 82 valence electrons. The lowest BCUT2D eigenvalue weighted by Crippen LogP contribution is -2.40. The van der Waals surface area contributed by atoms with Gasteiger partial charge in [-0.2, -0.15) is 0 Å². The fraction of sp³-hybridized carbons (Fsp3) is 0.375. The molecule has 6 nitrogen and oxygen atoms in total. The molecule has 0 atom stereocenters. The average molecular weight is 233 g/mol. The maximum atomic E-state index is 11.5. The van der Waals surface area contributed by atoms with Crippen LogP contribution < -0.4 is 11.2 Å². The van der Waals surface area contributed by atoms with Gasteiger partial charge >= 0.3 is 5.69 Å². The van der Waals surface area contributed by atoms with Gasteiger partial charge in [-0.25, -0.2) is 4.79 Å². The lowest BCUT2D eigenvalue weighted by Gasteiger charge is -2.07. The largest absolute Gasteiger partial charge is 0.494 e. The van der Waals surface area contributed by atoms with Gasteiger partial charge in [-0.3, -0.25) is 18.7 Å². The Morgan fingerprint density at radius 1 is 1.33 bits per heavy atom. The van der Waals surface area contributed by atoms with Crippen molar-refractivity contribution in [2.75, 3.05) is 5.88 Å². The maximum Gasteiger partial charge on any atom is 0.333 e. The molecular weight excluding hydrogens is 224 g/mol. The van der Waals surface area contributed by atoms with E-state index in [1.165, 1.54) is 14.1 Å². The van der Waals surface area contributed by atoms with Gasteiger partial charge in [0.15, 0.2) is 5.78 Å². The highest BCUT2D eigenvalue weighted by molar-refractivity contribution is 6.30. The maximum absolute atomic E-state index is 11.5. The van der Waals surface area contributed by atoms with Crippen LogP contribution >= 0.6 is 11.6 Å². The number of rotatable bonds is 2. The second-order valence-electron chi connectivity index (χ2n) is 2.96. The first kappa shape index (κ1) is 11.5. The first-order valence-corrected chi connectivity index (χ1v) is 4.53. The van der Waals surface area contributed by atoms with Crippen molar-refractivity contribution in [3.63, 3.8) is 0 Å². The summed E-state index contributed by atoms with van der Waals surface area (Å²) in [5.74, 6) is -1.81. The number of Topliss-reactive ketones (excluding diaryl/α,β-unsaturated/α-hetero) is 1. The van der Waals surface area contributed by atoms with E-state index in [2.05, 4.69) is 0 Å². The van der Waals surface area contributed by atoms with Crippen molar-refractivity contribution in [2.24, 2.45) is 14.1 Å². The zero-order chi connectivity index (χ0) is 11.7. The van der Waals surface area contributed by atoms with Crippen LogP contribution in [-0.4, -0.2) is 25.9 Å². The Bertz CT molecular complexity index is 529. The van der Waals surface area contributed by atoms with Crippen molar-refractivity contribution in [1.29, 1.82) is 0 Å². The topological polar surface area (TPSA) is 81.3 Å². The second-order valence-corrected chi connectivity index (χ2v) is 3.23. The molecule has 1 aromatic heterocycles. The minimum Gasteiger partial charge on any atom is -0.494 e. The van der Waals surface area contributed by atoms with E-state index >= 15 is 0 Å². The molecule has 0 unspecified atom stereocenters. The van der Waals surface area contributed by atoms with E-state index < -0.39 is 34.4 Å². The second kappa shape index (κ2) is 3.90. The molecule has 0 bridgehead atoms. The van der Waals surface area contributed by atoms with Crippen LogP contribution in [0.2, 0.25) is 0 Å². The fourth-order valence-electron chi connectivity index (χ4n) is 1.14. The van der Waals surface area contributed by atoms with Crippen LogP contribution in [0, 0.1) is 0 Å². The number of ketones is 1. The van der Waals surface area contributed by atoms with E-state index in [0.29, 0.717) is 0 Å². The Hall–Kier alpha value is -1.56. The summed E-state index contributed by atoms with van der Waals surface area (Å²) in [7, 11) is 2.47. The Labute approximate surface area is 89.3 Å². The molecule has 0 fully saturated rings. The van der Waals surface area contributed by atoms with Crippen molar-refractivity contribution in [1.82, 2.24) is 9.13 Å². The Morgan fingerprint density at radius 3 is 2.33 bits per heavy atom. The summed E-state index contributed by atoms with van der Waals surface area (Å²) in [5, 5.41) is 9.46. The van der Waals surface area contributed by atoms with Crippen LogP contribution in [0.25, 0.3) is 0 Å². The summed E-state index contributed by atoms with van der Waals surface area (Å²) in [4.78, 5) is 34.0. The molecule has 0 radical (unpaired) electrons. The molecule has 1 heterocycles. The Balaban J connectivity index is 3.76. The Kier molecular flexibility index (Phi) is 2.99. The lowest BCUT2D eigenvalue weighted by molar-refractivity contribution is 0.101. The van der Waals surface area contributed by atoms with E-state index in [1.807, 2.05) is 0 Å². The number of carbonyl (C=O) groups is 1. The highest BCUT2D eigenvalue weighted by Gasteiger charge is 2.20. The molecule has 1 N–H and O–H groups in total. The van der Waals surface area contributed by atoms with Crippen molar-refractivity contribution in [2.45, 2.75) is 0 Å². The van der Waals surface area contributed by atoms with E-state index in [9.17, 15) is 19.5 Å². The van der Waals surface area contributed by atoms with E-state index in [4.69, 9.17) is 11.6 Å². The van der Waals surface area contributed by atoms with Gasteiger partial charge in [-0.15, -0.1) is 11.6 Å². The van der Waals surface area contributed by atoms with E-state index in [0.717, 1.165) is 9.13 Å². The molecule has 0 aliphatic rings. The zero-order valence-corrected chi connectivity index (χ0v) is 8.91. The molecule has 0 aliphatic carbocycles. The molecule has 1 aromatic rings. The number of hydrogen-bond acceptors (Lipinski definition) is 4. The molecule has 1 rings (SSSR count). The molecule has 0 aromatic carbocycles. The quantitative estimate of drug-likeness (QED) is 0.535. The number of hydrogen-bond donors (Lipinski definition) is 1. The van der Waals surface area contributed by atoms with Gasteiger partial charge < -0.3 is 5.11 Å². The van der Waals surface area contributed by atoms with Crippen LogP contribution in [0.4, 0.5) is 0 Å². The van der Waals surface area contributed by atoms with Crippen molar-refractivity contribution in [3.05, 3.63) is 26.4 Å². The van der Waals surface area contributed by atoms with Crippen LogP contribution in [0.1, 0.15) is 10.4 Å². The third-order valence-electron chi connectivity index (χ3n) is 2.03. The standard InChI is InChI=1S/C8H9ClN2O4/c1-10-6(13)5(4(12)3-9)7(14)11(2)8(10)15/h13H,3H2,1-2H3. The third-order valence-corrected chi connectivity index (χ3v) is 2.28. The van der Waals surface area contributed by atoms with Crippen LogP contribution in [0.15, 0.2) is 9.59 Å². The van der Waals surface area contributed by atoms with Crippen molar-refractivity contribution >= 4 is 17.4 Å². The predicted octanol–water partition coefficient (Wildman–Crippen LogP) is -0.789. The molecule has 0 saturated heterocycles. The molecular formula is C8H9ClN2O4. The van der Waals surface area contributed by atoms with Crippen molar-refractivity contribution < 1.29 is 9.90 Å². The average Bonchev–Trinajstić information content (AvgIpc) is 2.23. The van der Waals surface area contributed by atoms with Gasteiger partial charge in [0.05, 0.1) is 5.88 Å². The lowest BCUT2D eigenvalue weighted by atomic mass is 10.2. The van der Waals surface area contributed by atoms with E-state index in [-0.39, 0.29) is 0 Å². The highest BCUT2D eigenvalue weighted by atomic mass is 35.5. The predicted molar refractivity (Wildman–Crippen MR) is 53.6 cm³/mol. The smallest absolute Gasteiger partial charge is 0.333 e. The summed E-state index contributed by atoms with van der Waals surface area (Å²) < 4.78 is 1.54. The summed E-state index contributed by atoms with van der Waals surface area (Å²) in [6, 6.07) is 0. The van der Waals surface area contributed by atoms with Gasteiger partial charge in [0.1, 0.15) is 5.56 Å². The monoisotopic (exact) mass is 232 g/mol. The van der Waals surface area contributed by atoms with Crippen LogP contribution in [0.3, 0.4) is 0 Å². The number of alkyl halides is 1. The van der Waals surface area contributed by atoms with Gasteiger partial charge in [0, 0.05) is 14.1 Å². The van der Waals surface area contributed by atoms with Crippen molar-refractivity contribution in [3.8, 4) is 5.88 Å². The minimum atomic E-state index is -0.846. The zero-order valence-electron chi connectivity index (χ0n) is 8.15. The van der Waals surface area contributed by atoms with Crippen LogP contribution in [-0.2, 0) is 14.1 Å². The molecule has 7 heteroatoms. The number of halogens is 1. The third kappa shape index (κ3) is 1.68. The first-order valence-electron chi connectivity index (χ1n) is 4.00. The molecule has 0 aliphatic heterocycles. The van der Waals surface area contributed by atoms with Crippen LogP contribution in [0.5, 0.6) is 5.88 Å². The molecule has 0 saturated carbocycles. The summed E-state index contributed by atoms with van der Waals surface area (Å²) in [5.41, 5.74) is -2.01. The summed E-state index contributed by atoms with van der Waals surface area (Å²) in [6.45, 7) is 0. The molecule has 0 amide bonds. The molecule has 0 spiro atoms. The number of carbonyl (C=O) groups excluding carboxylic acids is 1. The SMILES string of the molecule is Cn1c(O)c(C(=O)CCl)c(=O)n(C)c1=O. The Morgan fingerprint density at radius 2 is 1.87 bits per heavy atom. The molecule has 15 heavy (non-hydrogen) atoms. The normalized spacial score (nSPS) is 10.3. The van der Waals surface area contributed by atoms with Gasteiger partial charge in [0.2, 0.25) is 5.88 Å². The van der Waals surface area contributed by atoms with Gasteiger partial charge in [0.25, 0.3) is 5.56 Å².